The summed E-state index contributed by atoms with van der Waals surface area (Å²) in [4.78, 5) is 26.8. The van der Waals surface area contributed by atoms with Crippen molar-refractivity contribution in [2.75, 3.05) is 5.32 Å². The van der Waals surface area contributed by atoms with Crippen LogP contribution in [-0.2, 0) is 10.4 Å². The molecule has 122 valence electrons. The Morgan fingerprint density at radius 2 is 1.92 bits per heavy atom. The zero-order valence-corrected chi connectivity index (χ0v) is 13.6. The highest BCUT2D eigenvalue weighted by atomic mass is 35.5. The Balaban J connectivity index is 1.96. The summed E-state index contributed by atoms with van der Waals surface area (Å²) in [5.41, 5.74) is -1.18. The fourth-order valence-corrected chi connectivity index (χ4v) is 2.65. The molecule has 1 heterocycles. The summed E-state index contributed by atoms with van der Waals surface area (Å²) in [5, 5.41) is 14.5. The van der Waals surface area contributed by atoms with Crippen molar-refractivity contribution in [1.29, 1.82) is 0 Å². The van der Waals surface area contributed by atoms with Crippen molar-refractivity contribution in [2.45, 2.75) is 12.5 Å². The van der Waals surface area contributed by atoms with Gasteiger partial charge in [-0.15, -0.1) is 0 Å². The molecule has 2 aromatic carbocycles. The van der Waals surface area contributed by atoms with Crippen molar-refractivity contribution >= 4 is 34.0 Å². The zero-order valence-electron chi connectivity index (χ0n) is 12.8. The maximum absolute atomic E-state index is 12.5. The normalized spacial score (nSPS) is 13.5. The van der Waals surface area contributed by atoms with Gasteiger partial charge in [0.2, 0.25) is 0 Å². The second-order valence-electron chi connectivity index (χ2n) is 5.62. The number of aromatic nitrogens is 1. The minimum Gasteiger partial charge on any atom is -0.376 e. The quantitative estimate of drug-likeness (QED) is 0.684. The van der Waals surface area contributed by atoms with Crippen LogP contribution in [0.4, 0.5) is 5.69 Å². The second kappa shape index (κ2) is 6.11. The molecule has 1 atom stereocenters. The molecule has 0 fully saturated rings. The molecule has 3 rings (SSSR count). The number of halogens is 1. The molecule has 0 saturated carbocycles. The van der Waals surface area contributed by atoms with E-state index >= 15 is 0 Å². The summed E-state index contributed by atoms with van der Waals surface area (Å²) >= 11 is 6.17. The molecule has 3 aromatic rings. The summed E-state index contributed by atoms with van der Waals surface area (Å²) < 4.78 is 0. The van der Waals surface area contributed by atoms with Crippen molar-refractivity contribution in [2.24, 2.45) is 0 Å². The van der Waals surface area contributed by atoms with E-state index in [4.69, 9.17) is 11.6 Å². The molecule has 6 heteroatoms. The molecular formula is C18H15ClN2O3. The number of pyridine rings is 1. The van der Waals surface area contributed by atoms with Gasteiger partial charge in [0, 0.05) is 11.6 Å². The van der Waals surface area contributed by atoms with E-state index in [0.717, 1.165) is 0 Å². The molecule has 1 amide bonds. The average Bonchev–Trinajstić information content (AvgIpc) is 2.57. The highest BCUT2D eigenvalue weighted by Crippen LogP contribution is 2.29. The number of amides is 1. The van der Waals surface area contributed by atoms with Crippen molar-refractivity contribution in [3.05, 3.63) is 75.7 Å². The van der Waals surface area contributed by atoms with Crippen molar-refractivity contribution in [3.63, 3.8) is 0 Å². The number of benzene rings is 2. The lowest BCUT2D eigenvalue weighted by Crippen LogP contribution is -2.37. The number of anilines is 1. The van der Waals surface area contributed by atoms with Gasteiger partial charge in [0.15, 0.2) is 5.60 Å². The topological polar surface area (TPSA) is 82.2 Å². The summed E-state index contributed by atoms with van der Waals surface area (Å²) in [6.45, 7) is 1.41. The molecule has 0 bridgehead atoms. The van der Waals surface area contributed by atoms with Gasteiger partial charge >= 0.3 is 0 Å². The van der Waals surface area contributed by atoms with Gasteiger partial charge in [-0.3, -0.25) is 9.59 Å². The highest BCUT2D eigenvalue weighted by Gasteiger charge is 2.32. The third-order valence-electron chi connectivity index (χ3n) is 3.89. The molecule has 0 spiro atoms. The van der Waals surface area contributed by atoms with Crippen LogP contribution in [0.15, 0.2) is 59.5 Å². The third kappa shape index (κ3) is 2.91. The van der Waals surface area contributed by atoms with E-state index in [1.807, 2.05) is 0 Å². The van der Waals surface area contributed by atoms with Crippen LogP contribution in [0.25, 0.3) is 10.8 Å². The molecular weight excluding hydrogens is 328 g/mol. The van der Waals surface area contributed by atoms with Crippen LogP contribution in [0.5, 0.6) is 0 Å². The fourth-order valence-electron chi connectivity index (χ4n) is 2.44. The molecule has 0 radical (unpaired) electrons. The smallest absolute Gasteiger partial charge is 0.260 e. The Hall–Kier alpha value is -2.63. The monoisotopic (exact) mass is 342 g/mol. The minimum atomic E-state index is -1.71. The molecule has 1 aromatic heterocycles. The standard InChI is InChI=1S/C18H15ClN2O3/c1-18(24,12-5-3-2-4-6-12)17(23)21-15-9-11-7-8-20-16(22)13(11)10-14(15)19/h2-10,24H,1H3,(H,20,22)(H,21,23)/t18-/m1/s1. The van der Waals surface area contributed by atoms with Crippen molar-refractivity contribution in [1.82, 2.24) is 4.98 Å². The molecule has 0 saturated heterocycles. The number of carbonyl (C=O) groups excluding carboxylic acids is 1. The number of rotatable bonds is 3. The minimum absolute atomic E-state index is 0.219. The lowest BCUT2D eigenvalue weighted by Gasteiger charge is -2.23. The van der Waals surface area contributed by atoms with E-state index in [9.17, 15) is 14.7 Å². The van der Waals surface area contributed by atoms with Crippen LogP contribution in [0.1, 0.15) is 12.5 Å². The van der Waals surface area contributed by atoms with Gasteiger partial charge in [-0.05, 0) is 36.1 Å². The molecule has 0 aliphatic carbocycles. The van der Waals surface area contributed by atoms with Gasteiger partial charge in [-0.25, -0.2) is 0 Å². The van der Waals surface area contributed by atoms with E-state index < -0.39 is 11.5 Å². The largest absolute Gasteiger partial charge is 0.376 e. The van der Waals surface area contributed by atoms with Gasteiger partial charge in [0.05, 0.1) is 10.7 Å². The predicted octanol–water partition coefficient (Wildman–Crippen LogP) is 3.03. The van der Waals surface area contributed by atoms with E-state index in [1.165, 1.54) is 19.2 Å². The van der Waals surface area contributed by atoms with Crippen LogP contribution in [0, 0.1) is 0 Å². The van der Waals surface area contributed by atoms with Gasteiger partial charge < -0.3 is 15.4 Å². The lowest BCUT2D eigenvalue weighted by atomic mass is 9.95. The molecule has 0 aliphatic rings. The molecule has 0 aliphatic heterocycles. The Morgan fingerprint density at radius 1 is 1.21 bits per heavy atom. The van der Waals surface area contributed by atoms with E-state index in [-0.39, 0.29) is 10.6 Å². The summed E-state index contributed by atoms with van der Waals surface area (Å²) in [6, 6.07) is 13.4. The van der Waals surface area contributed by atoms with Crippen LogP contribution >= 0.6 is 11.6 Å². The number of aromatic amines is 1. The number of carbonyl (C=O) groups is 1. The lowest BCUT2D eigenvalue weighted by molar-refractivity contribution is -0.133. The van der Waals surface area contributed by atoms with E-state index in [1.54, 1.807) is 42.5 Å². The van der Waals surface area contributed by atoms with Crippen molar-refractivity contribution in [3.8, 4) is 0 Å². The molecule has 5 nitrogen and oxygen atoms in total. The number of nitrogens with one attached hydrogen (secondary N) is 2. The highest BCUT2D eigenvalue weighted by molar-refractivity contribution is 6.34. The molecule has 0 unspecified atom stereocenters. The number of hydrogen-bond donors (Lipinski definition) is 3. The van der Waals surface area contributed by atoms with Crippen LogP contribution in [0.2, 0.25) is 5.02 Å². The maximum atomic E-state index is 12.5. The Labute approximate surface area is 142 Å². The van der Waals surface area contributed by atoms with Gasteiger partial charge in [-0.1, -0.05) is 41.9 Å². The van der Waals surface area contributed by atoms with Crippen LogP contribution < -0.4 is 10.9 Å². The SMILES string of the molecule is C[C@](O)(C(=O)Nc1cc2cc[nH]c(=O)c2cc1Cl)c1ccccc1. The maximum Gasteiger partial charge on any atom is 0.260 e. The average molecular weight is 343 g/mol. The van der Waals surface area contributed by atoms with Crippen LogP contribution in [0.3, 0.4) is 0 Å². The fraction of sp³-hybridized carbons (Fsp3) is 0.111. The summed E-state index contributed by atoms with van der Waals surface area (Å²) in [5.74, 6) is -0.611. The first kappa shape index (κ1) is 16.2. The number of hydrogen-bond acceptors (Lipinski definition) is 3. The number of fused-ring (bicyclic) bond motifs is 1. The van der Waals surface area contributed by atoms with Gasteiger partial charge in [0.25, 0.3) is 11.5 Å². The first-order valence-electron chi connectivity index (χ1n) is 7.30. The second-order valence-corrected chi connectivity index (χ2v) is 6.03. The Bertz CT molecular complexity index is 965. The van der Waals surface area contributed by atoms with Gasteiger partial charge in [0.1, 0.15) is 0 Å². The van der Waals surface area contributed by atoms with Crippen LogP contribution in [-0.4, -0.2) is 16.0 Å². The van der Waals surface area contributed by atoms with E-state index in [0.29, 0.717) is 22.0 Å². The van der Waals surface area contributed by atoms with Crippen molar-refractivity contribution < 1.29 is 9.90 Å². The molecule has 3 N–H and O–H groups in total. The summed E-state index contributed by atoms with van der Waals surface area (Å²) in [6.07, 6.45) is 1.52. The number of aliphatic hydroxyl groups is 1. The summed E-state index contributed by atoms with van der Waals surface area (Å²) in [7, 11) is 0. The van der Waals surface area contributed by atoms with E-state index in [2.05, 4.69) is 10.3 Å². The predicted molar refractivity (Wildman–Crippen MR) is 94.2 cm³/mol. The molecule has 24 heavy (non-hydrogen) atoms. The Kier molecular flexibility index (Phi) is 4.13. The first-order chi connectivity index (χ1) is 11.4. The third-order valence-corrected chi connectivity index (χ3v) is 4.20. The first-order valence-corrected chi connectivity index (χ1v) is 7.67. The number of H-pyrrole nitrogens is 1. The zero-order chi connectivity index (χ0) is 17.3. The van der Waals surface area contributed by atoms with Gasteiger partial charge in [-0.2, -0.15) is 0 Å². The Morgan fingerprint density at radius 3 is 2.62 bits per heavy atom.